The number of aromatic nitrogens is 3. The maximum Gasteiger partial charge on any atom is 0.230 e. The molecule has 122 valence electrons. The third-order valence-corrected chi connectivity index (χ3v) is 4.81. The Morgan fingerprint density at radius 2 is 2.04 bits per heavy atom. The van der Waals surface area contributed by atoms with Gasteiger partial charge in [0.25, 0.3) is 0 Å². The molecule has 1 aromatic carbocycles. The minimum atomic E-state index is -0.0425. The van der Waals surface area contributed by atoms with E-state index in [2.05, 4.69) is 28.4 Å². The summed E-state index contributed by atoms with van der Waals surface area (Å²) in [5, 5.41) is 8.38. The quantitative estimate of drug-likeness (QED) is 0.745. The summed E-state index contributed by atoms with van der Waals surface area (Å²) in [5.41, 5.74) is 3.30. The highest BCUT2D eigenvalue weighted by molar-refractivity contribution is 5.84. The Kier molecular flexibility index (Phi) is 3.76. The van der Waals surface area contributed by atoms with Crippen LogP contribution in [0.3, 0.4) is 0 Å². The first-order valence-electron chi connectivity index (χ1n) is 8.35. The van der Waals surface area contributed by atoms with Gasteiger partial charge in [-0.2, -0.15) is 0 Å². The van der Waals surface area contributed by atoms with Gasteiger partial charge in [0, 0.05) is 13.2 Å². The Labute approximate surface area is 140 Å². The second-order valence-electron chi connectivity index (χ2n) is 6.38. The smallest absolute Gasteiger partial charge is 0.230 e. The molecule has 0 saturated heterocycles. The molecule has 2 aromatic heterocycles. The van der Waals surface area contributed by atoms with Gasteiger partial charge in [0.2, 0.25) is 5.91 Å². The molecular formula is C19H20N4O. The van der Waals surface area contributed by atoms with Crippen LogP contribution in [0, 0.1) is 0 Å². The van der Waals surface area contributed by atoms with Crippen molar-refractivity contribution in [1.82, 2.24) is 19.5 Å². The van der Waals surface area contributed by atoms with E-state index in [9.17, 15) is 4.79 Å². The lowest BCUT2D eigenvalue weighted by atomic mass is 9.82. The second-order valence-corrected chi connectivity index (χ2v) is 6.38. The molecule has 5 heteroatoms. The van der Waals surface area contributed by atoms with E-state index in [0.717, 1.165) is 30.7 Å². The number of likely N-dealkylation sites (N-methyl/N-ethyl adjacent to an activating group) is 1. The van der Waals surface area contributed by atoms with Gasteiger partial charge in [-0.1, -0.05) is 30.3 Å². The SMILES string of the molecule is CN(Cc1nnc2ccccn12)C(=O)C1CCCc2ccccc21. The standard InChI is InChI=1S/C19H20N4O/c1-22(13-18-21-20-17-11-4-5-12-23(17)18)19(24)16-10-6-8-14-7-2-3-9-15(14)16/h2-5,7,9,11-12,16H,6,8,10,13H2,1H3. The number of carbonyl (C=O) groups is 1. The van der Waals surface area contributed by atoms with Crippen LogP contribution in [0.4, 0.5) is 0 Å². The van der Waals surface area contributed by atoms with Crippen LogP contribution in [0.2, 0.25) is 0 Å². The lowest BCUT2D eigenvalue weighted by Crippen LogP contribution is -2.33. The van der Waals surface area contributed by atoms with E-state index in [1.165, 1.54) is 11.1 Å². The fourth-order valence-electron chi connectivity index (χ4n) is 3.57. The fraction of sp³-hybridized carbons (Fsp3) is 0.316. The van der Waals surface area contributed by atoms with E-state index >= 15 is 0 Å². The lowest BCUT2D eigenvalue weighted by Gasteiger charge is -2.28. The molecule has 0 fully saturated rings. The maximum atomic E-state index is 13.0. The first kappa shape index (κ1) is 14.9. The number of carbonyl (C=O) groups excluding carboxylic acids is 1. The van der Waals surface area contributed by atoms with E-state index in [-0.39, 0.29) is 11.8 Å². The van der Waals surface area contributed by atoms with Crippen molar-refractivity contribution < 1.29 is 4.79 Å². The third kappa shape index (κ3) is 2.56. The van der Waals surface area contributed by atoms with Crippen molar-refractivity contribution in [2.75, 3.05) is 7.05 Å². The van der Waals surface area contributed by atoms with E-state index in [4.69, 9.17) is 0 Å². The molecule has 1 aliphatic rings. The molecule has 5 nitrogen and oxygen atoms in total. The van der Waals surface area contributed by atoms with Crippen molar-refractivity contribution in [3.63, 3.8) is 0 Å². The van der Waals surface area contributed by atoms with Crippen molar-refractivity contribution in [1.29, 1.82) is 0 Å². The van der Waals surface area contributed by atoms with Crippen LogP contribution in [0.5, 0.6) is 0 Å². The number of hydrogen-bond donors (Lipinski definition) is 0. The van der Waals surface area contributed by atoms with Crippen molar-refractivity contribution in [3.05, 3.63) is 65.6 Å². The Bertz CT molecular complexity index is 886. The van der Waals surface area contributed by atoms with Gasteiger partial charge >= 0.3 is 0 Å². The summed E-state index contributed by atoms with van der Waals surface area (Å²) in [5.74, 6) is 0.902. The van der Waals surface area contributed by atoms with E-state index in [1.54, 1.807) is 4.90 Å². The monoisotopic (exact) mass is 320 g/mol. The number of fused-ring (bicyclic) bond motifs is 2. The fourth-order valence-corrected chi connectivity index (χ4v) is 3.57. The van der Waals surface area contributed by atoms with E-state index in [1.807, 2.05) is 41.9 Å². The van der Waals surface area contributed by atoms with Gasteiger partial charge in [-0.25, -0.2) is 0 Å². The molecule has 0 N–H and O–H groups in total. The molecule has 1 amide bonds. The van der Waals surface area contributed by atoms with Gasteiger partial charge in [-0.05, 0) is 42.5 Å². The van der Waals surface area contributed by atoms with Crippen molar-refractivity contribution in [3.8, 4) is 0 Å². The molecule has 2 heterocycles. The van der Waals surface area contributed by atoms with Crippen molar-refractivity contribution >= 4 is 11.6 Å². The van der Waals surface area contributed by atoms with Crippen LogP contribution < -0.4 is 0 Å². The molecule has 1 unspecified atom stereocenters. The molecule has 3 aromatic rings. The highest BCUT2D eigenvalue weighted by Gasteiger charge is 2.28. The van der Waals surface area contributed by atoms with Crippen LogP contribution in [-0.4, -0.2) is 32.5 Å². The van der Waals surface area contributed by atoms with Crippen LogP contribution in [-0.2, 0) is 17.8 Å². The zero-order valence-electron chi connectivity index (χ0n) is 13.7. The number of hydrogen-bond acceptors (Lipinski definition) is 3. The second kappa shape index (κ2) is 6.07. The summed E-state index contributed by atoms with van der Waals surface area (Å²) in [4.78, 5) is 14.8. The van der Waals surface area contributed by atoms with E-state index in [0.29, 0.717) is 6.54 Å². The number of rotatable bonds is 3. The van der Waals surface area contributed by atoms with Gasteiger partial charge in [-0.3, -0.25) is 9.20 Å². The minimum Gasteiger partial charge on any atom is -0.338 e. The zero-order valence-corrected chi connectivity index (χ0v) is 13.7. The Balaban J connectivity index is 1.57. The average molecular weight is 320 g/mol. The topological polar surface area (TPSA) is 50.5 Å². The highest BCUT2D eigenvalue weighted by Crippen LogP contribution is 2.32. The molecule has 0 spiro atoms. The highest BCUT2D eigenvalue weighted by atomic mass is 16.2. The molecule has 0 bridgehead atoms. The summed E-state index contributed by atoms with van der Waals surface area (Å²) in [6, 6.07) is 14.1. The first-order chi connectivity index (χ1) is 11.7. The summed E-state index contributed by atoms with van der Waals surface area (Å²) in [6.45, 7) is 0.461. The molecule has 1 aliphatic carbocycles. The predicted molar refractivity (Wildman–Crippen MR) is 91.6 cm³/mol. The Morgan fingerprint density at radius 1 is 1.21 bits per heavy atom. The summed E-state index contributed by atoms with van der Waals surface area (Å²) in [6.07, 6.45) is 4.98. The molecule has 0 radical (unpaired) electrons. The van der Waals surface area contributed by atoms with Gasteiger partial charge in [-0.15, -0.1) is 10.2 Å². The van der Waals surface area contributed by atoms with Crippen LogP contribution >= 0.6 is 0 Å². The number of nitrogens with zero attached hydrogens (tertiary/aromatic N) is 4. The maximum absolute atomic E-state index is 13.0. The van der Waals surface area contributed by atoms with Gasteiger partial charge in [0.05, 0.1) is 12.5 Å². The molecule has 24 heavy (non-hydrogen) atoms. The minimum absolute atomic E-state index is 0.0425. The van der Waals surface area contributed by atoms with Crippen LogP contribution in [0.25, 0.3) is 5.65 Å². The summed E-state index contributed by atoms with van der Waals surface area (Å²) >= 11 is 0. The molecule has 4 rings (SSSR count). The van der Waals surface area contributed by atoms with Gasteiger partial charge in [0.1, 0.15) is 0 Å². The molecule has 0 aliphatic heterocycles. The number of amides is 1. The average Bonchev–Trinajstić information content (AvgIpc) is 3.03. The van der Waals surface area contributed by atoms with Crippen molar-refractivity contribution in [2.45, 2.75) is 31.7 Å². The number of pyridine rings is 1. The third-order valence-electron chi connectivity index (χ3n) is 4.81. The van der Waals surface area contributed by atoms with Crippen LogP contribution in [0.15, 0.2) is 48.7 Å². The first-order valence-corrected chi connectivity index (χ1v) is 8.35. The molecule has 1 atom stereocenters. The normalized spacial score (nSPS) is 16.8. The predicted octanol–water partition coefficient (Wildman–Crippen LogP) is 2.81. The van der Waals surface area contributed by atoms with E-state index < -0.39 is 0 Å². The Morgan fingerprint density at radius 3 is 2.96 bits per heavy atom. The Hall–Kier alpha value is -2.69. The number of benzene rings is 1. The summed E-state index contributed by atoms with van der Waals surface area (Å²) in [7, 11) is 1.85. The summed E-state index contributed by atoms with van der Waals surface area (Å²) < 4.78 is 1.93. The molecule has 0 saturated carbocycles. The molecular weight excluding hydrogens is 300 g/mol. The lowest BCUT2D eigenvalue weighted by molar-refractivity contribution is -0.132. The van der Waals surface area contributed by atoms with Crippen molar-refractivity contribution in [2.24, 2.45) is 0 Å². The van der Waals surface area contributed by atoms with Gasteiger partial charge in [0.15, 0.2) is 11.5 Å². The zero-order chi connectivity index (χ0) is 16.5. The largest absolute Gasteiger partial charge is 0.338 e. The number of aryl methyl sites for hydroxylation is 1. The van der Waals surface area contributed by atoms with Crippen LogP contribution in [0.1, 0.15) is 35.7 Å². The van der Waals surface area contributed by atoms with Gasteiger partial charge < -0.3 is 4.90 Å².